The van der Waals surface area contributed by atoms with Crippen LogP contribution < -0.4 is 5.32 Å². The van der Waals surface area contributed by atoms with Crippen molar-refractivity contribution in [2.45, 2.75) is 6.42 Å². The molecule has 0 atom stereocenters. The molecule has 1 aromatic rings. The summed E-state index contributed by atoms with van der Waals surface area (Å²) < 4.78 is 10.5. The first-order valence-electron chi connectivity index (χ1n) is 5.01. The van der Waals surface area contributed by atoms with E-state index in [9.17, 15) is 14.5 Å². The Kier molecular flexibility index (Phi) is 4.69. The van der Waals surface area contributed by atoms with Crippen LogP contribution in [0.3, 0.4) is 0 Å². The van der Waals surface area contributed by atoms with Crippen molar-refractivity contribution in [2.75, 3.05) is 12.7 Å². The number of nitrogens with one attached hydrogen (secondary N) is 1. The fourth-order valence-corrected chi connectivity index (χ4v) is 1.82. The Morgan fingerprint density at radius 2 is 1.94 bits per heavy atom. The van der Waals surface area contributed by atoms with E-state index in [-0.39, 0.29) is 30.4 Å². The SMILES string of the molecule is O=C(NCCCP(=O)(O)O)c1ccccc1O. The maximum Gasteiger partial charge on any atom is 0.325 e. The van der Waals surface area contributed by atoms with Crippen LogP contribution in [0.2, 0.25) is 0 Å². The first-order valence-corrected chi connectivity index (χ1v) is 6.81. The number of rotatable bonds is 5. The van der Waals surface area contributed by atoms with Crippen LogP contribution in [-0.2, 0) is 4.57 Å². The largest absolute Gasteiger partial charge is 0.507 e. The molecular formula is C10H14NO5P. The smallest absolute Gasteiger partial charge is 0.325 e. The Morgan fingerprint density at radius 1 is 1.29 bits per heavy atom. The van der Waals surface area contributed by atoms with Crippen molar-refractivity contribution < 1.29 is 24.3 Å². The van der Waals surface area contributed by atoms with Crippen molar-refractivity contribution >= 4 is 13.5 Å². The first kappa shape index (κ1) is 13.7. The molecule has 0 aliphatic rings. The summed E-state index contributed by atoms with van der Waals surface area (Å²) in [4.78, 5) is 28.7. The van der Waals surface area contributed by atoms with Gasteiger partial charge in [-0.2, -0.15) is 0 Å². The summed E-state index contributed by atoms with van der Waals surface area (Å²) in [5.74, 6) is -0.589. The van der Waals surface area contributed by atoms with Crippen LogP contribution in [0.4, 0.5) is 0 Å². The van der Waals surface area contributed by atoms with Crippen molar-refractivity contribution in [3.05, 3.63) is 29.8 Å². The van der Waals surface area contributed by atoms with Gasteiger partial charge in [0.05, 0.1) is 11.7 Å². The van der Waals surface area contributed by atoms with Gasteiger partial charge in [0.2, 0.25) is 0 Å². The van der Waals surface area contributed by atoms with Crippen molar-refractivity contribution in [3.63, 3.8) is 0 Å². The lowest BCUT2D eigenvalue weighted by Gasteiger charge is -2.07. The molecule has 4 N–H and O–H groups in total. The summed E-state index contributed by atoms with van der Waals surface area (Å²) >= 11 is 0. The van der Waals surface area contributed by atoms with Crippen molar-refractivity contribution in [1.29, 1.82) is 0 Å². The van der Waals surface area contributed by atoms with E-state index in [1.165, 1.54) is 12.1 Å². The van der Waals surface area contributed by atoms with E-state index in [1.54, 1.807) is 12.1 Å². The average Bonchev–Trinajstić information content (AvgIpc) is 2.23. The highest BCUT2D eigenvalue weighted by atomic mass is 31.2. The van der Waals surface area contributed by atoms with Gasteiger partial charge in [-0.1, -0.05) is 12.1 Å². The van der Waals surface area contributed by atoms with Gasteiger partial charge >= 0.3 is 7.60 Å². The molecule has 1 amide bonds. The Morgan fingerprint density at radius 3 is 2.53 bits per heavy atom. The van der Waals surface area contributed by atoms with Gasteiger partial charge in [0.15, 0.2) is 0 Å². The number of para-hydroxylation sites is 1. The van der Waals surface area contributed by atoms with Gasteiger partial charge in [-0.25, -0.2) is 0 Å². The molecule has 0 aliphatic heterocycles. The highest BCUT2D eigenvalue weighted by Crippen LogP contribution is 2.34. The number of aromatic hydroxyl groups is 1. The number of carbonyl (C=O) groups is 1. The molecule has 17 heavy (non-hydrogen) atoms. The molecule has 0 unspecified atom stereocenters. The second kappa shape index (κ2) is 5.82. The molecule has 0 spiro atoms. The van der Waals surface area contributed by atoms with Crippen LogP contribution in [0, 0.1) is 0 Å². The van der Waals surface area contributed by atoms with Crippen LogP contribution in [0.15, 0.2) is 24.3 Å². The number of hydrogen-bond donors (Lipinski definition) is 4. The Bertz CT molecular complexity index is 442. The van der Waals surface area contributed by atoms with Crippen LogP contribution in [0.25, 0.3) is 0 Å². The lowest BCUT2D eigenvalue weighted by Crippen LogP contribution is -2.25. The van der Waals surface area contributed by atoms with Crippen molar-refractivity contribution in [1.82, 2.24) is 5.32 Å². The molecule has 0 heterocycles. The van der Waals surface area contributed by atoms with Gasteiger partial charge in [-0.05, 0) is 18.6 Å². The highest BCUT2D eigenvalue weighted by molar-refractivity contribution is 7.51. The molecule has 7 heteroatoms. The number of amides is 1. The third-order valence-electron chi connectivity index (χ3n) is 2.06. The minimum atomic E-state index is -4.01. The summed E-state index contributed by atoms with van der Waals surface area (Å²) in [6, 6.07) is 6.07. The lowest BCUT2D eigenvalue weighted by molar-refractivity contribution is 0.0950. The number of hydrogen-bond acceptors (Lipinski definition) is 3. The fourth-order valence-electron chi connectivity index (χ4n) is 1.25. The predicted molar refractivity (Wildman–Crippen MR) is 62.0 cm³/mol. The van der Waals surface area contributed by atoms with Gasteiger partial charge in [-0.3, -0.25) is 9.36 Å². The maximum absolute atomic E-state index is 11.5. The number of benzene rings is 1. The van der Waals surface area contributed by atoms with E-state index >= 15 is 0 Å². The maximum atomic E-state index is 11.5. The third-order valence-corrected chi connectivity index (χ3v) is 2.96. The summed E-state index contributed by atoms with van der Waals surface area (Å²) in [5, 5.41) is 11.9. The monoisotopic (exact) mass is 259 g/mol. The number of carbonyl (C=O) groups excluding carboxylic acids is 1. The molecule has 1 aromatic carbocycles. The zero-order valence-electron chi connectivity index (χ0n) is 9.04. The van der Waals surface area contributed by atoms with E-state index in [2.05, 4.69) is 5.32 Å². The molecule has 0 bridgehead atoms. The lowest BCUT2D eigenvalue weighted by atomic mass is 10.2. The predicted octanol–water partition coefficient (Wildman–Crippen LogP) is 0.690. The van der Waals surface area contributed by atoms with Gasteiger partial charge in [-0.15, -0.1) is 0 Å². The second-order valence-electron chi connectivity index (χ2n) is 3.51. The molecule has 6 nitrogen and oxygen atoms in total. The van der Waals surface area contributed by atoms with E-state index in [1.807, 2.05) is 0 Å². The minimum absolute atomic E-state index is 0.125. The van der Waals surface area contributed by atoms with E-state index in [0.717, 1.165) is 0 Å². The summed E-state index contributed by atoms with van der Waals surface area (Å²) in [7, 11) is -4.01. The molecule has 0 aromatic heterocycles. The van der Waals surface area contributed by atoms with Gasteiger partial charge in [0.25, 0.3) is 5.91 Å². The van der Waals surface area contributed by atoms with Crippen molar-refractivity contribution in [3.8, 4) is 5.75 Å². The molecule has 1 rings (SSSR count). The molecule has 0 fully saturated rings. The third kappa shape index (κ3) is 4.99. The fraction of sp³-hybridized carbons (Fsp3) is 0.300. The van der Waals surface area contributed by atoms with Crippen LogP contribution in [-0.4, -0.2) is 33.5 Å². The van der Waals surface area contributed by atoms with Crippen LogP contribution >= 0.6 is 7.60 Å². The Hall–Kier alpha value is -1.36. The Labute approximate surface area is 98.4 Å². The molecule has 94 valence electrons. The van der Waals surface area contributed by atoms with Crippen molar-refractivity contribution in [2.24, 2.45) is 0 Å². The number of phenols is 1. The molecule has 0 saturated carbocycles. The van der Waals surface area contributed by atoms with Crippen LogP contribution in [0.5, 0.6) is 5.75 Å². The van der Waals surface area contributed by atoms with E-state index in [0.29, 0.717) is 0 Å². The Balaban J connectivity index is 2.41. The summed E-state index contributed by atoms with van der Waals surface area (Å²) in [6.07, 6.45) is -0.0856. The average molecular weight is 259 g/mol. The van der Waals surface area contributed by atoms with Gasteiger partial charge in [0, 0.05) is 6.54 Å². The standard InChI is InChI=1S/C10H14NO5P/c12-9-5-2-1-4-8(9)10(13)11-6-3-7-17(14,15)16/h1-2,4-5,12H,3,6-7H2,(H,11,13)(H2,14,15,16). The zero-order chi connectivity index (χ0) is 12.9. The van der Waals surface area contributed by atoms with E-state index in [4.69, 9.17) is 9.79 Å². The molecule has 0 aliphatic carbocycles. The first-order chi connectivity index (χ1) is 7.90. The quantitative estimate of drug-likeness (QED) is 0.459. The molecule has 0 radical (unpaired) electrons. The minimum Gasteiger partial charge on any atom is -0.507 e. The summed E-state index contributed by atoms with van der Waals surface area (Å²) in [6.45, 7) is 0.151. The van der Waals surface area contributed by atoms with Gasteiger partial charge in [0.1, 0.15) is 5.75 Å². The van der Waals surface area contributed by atoms with E-state index < -0.39 is 13.5 Å². The van der Waals surface area contributed by atoms with Crippen LogP contribution in [0.1, 0.15) is 16.8 Å². The number of phenolic OH excluding ortho intramolecular Hbond substituents is 1. The summed E-state index contributed by atoms with van der Waals surface area (Å²) in [5.41, 5.74) is 0.142. The van der Waals surface area contributed by atoms with Gasteiger partial charge < -0.3 is 20.2 Å². The topological polar surface area (TPSA) is 107 Å². The molecule has 0 saturated heterocycles. The second-order valence-corrected chi connectivity index (χ2v) is 5.29. The zero-order valence-corrected chi connectivity index (χ0v) is 9.93. The molecular weight excluding hydrogens is 245 g/mol. The highest BCUT2D eigenvalue weighted by Gasteiger charge is 2.13. The normalized spacial score (nSPS) is 11.2.